The number of nitrogens with one attached hydrogen (secondary N) is 1. The lowest BCUT2D eigenvalue weighted by atomic mass is 10.1. The Morgan fingerprint density at radius 3 is 2.62 bits per heavy atom. The van der Waals surface area contributed by atoms with Crippen LogP contribution in [0.25, 0.3) is 0 Å². The summed E-state index contributed by atoms with van der Waals surface area (Å²) in [5, 5.41) is 7.30. The van der Waals surface area contributed by atoms with Gasteiger partial charge in [0.1, 0.15) is 0 Å². The zero-order valence-corrected chi connectivity index (χ0v) is 13.2. The van der Waals surface area contributed by atoms with Crippen molar-refractivity contribution < 1.29 is 14.1 Å². The van der Waals surface area contributed by atoms with Gasteiger partial charge in [-0.1, -0.05) is 17.3 Å². The zero-order chi connectivity index (χ0) is 16.5. The van der Waals surface area contributed by atoms with Crippen LogP contribution in [0.4, 0.5) is 0 Å². The van der Waals surface area contributed by atoms with Crippen molar-refractivity contribution in [2.45, 2.75) is 31.7 Å². The van der Waals surface area contributed by atoms with Crippen molar-refractivity contribution in [1.29, 1.82) is 0 Å². The highest BCUT2D eigenvalue weighted by Crippen LogP contribution is 2.23. The van der Waals surface area contributed by atoms with Gasteiger partial charge in [-0.15, -0.1) is 0 Å². The fraction of sp³-hybridized carbons (Fsp3) is 0.412. The summed E-state index contributed by atoms with van der Waals surface area (Å²) in [5.41, 5.74) is 0.966. The summed E-state index contributed by atoms with van der Waals surface area (Å²) in [7, 11) is 0. The normalized spacial score (nSPS) is 20.0. The molecule has 0 bridgehead atoms. The third-order valence-electron chi connectivity index (χ3n) is 4.50. The van der Waals surface area contributed by atoms with Crippen LogP contribution in [0.1, 0.15) is 57.7 Å². The average molecular weight is 326 g/mol. The molecule has 0 radical (unpaired) electrons. The van der Waals surface area contributed by atoms with Gasteiger partial charge >= 0.3 is 0 Å². The second-order valence-electron chi connectivity index (χ2n) is 6.11. The van der Waals surface area contributed by atoms with Crippen molar-refractivity contribution in [3.63, 3.8) is 0 Å². The van der Waals surface area contributed by atoms with E-state index in [2.05, 4.69) is 15.5 Å². The molecule has 1 saturated heterocycles. The molecule has 7 nitrogen and oxygen atoms in total. The van der Waals surface area contributed by atoms with E-state index in [9.17, 15) is 9.59 Å². The molecule has 1 fully saturated rings. The number of carbonyl (C=O) groups is 2. The molecule has 2 aliphatic rings. The lowest BCUT2D eigenvalue weighted by Gasteiger charge is -2.12. The minimum atomic E-state index is -0.223. The van der Waals surface area contributed by atoms with Gasteiger partial charge in [0, 0.05) is 13.0 Å². The second-order valence-corrected chi connectivity index (χ2v) is 6.11. The number of aryl methyl sites for hydroxylation is 1. The monoisotopic (exact) mass is 326 g/mol. The molecule has 4 rings (SSSR count). The van der Waals surface area contributed by atoms with Crippen molar-refractivity contribution in [1.82, 2.24) is 20.4 Å². The Hall–Kier alpha value is -2.54. The Bertz CT molecular complexity index is 745. The van der Waals surface area contributed by atoms with Crippen LogP contribution in [-0.2, 0) is 6.42 Å². The van der Waals surface area contributed by atoms with E-state index in [-0.39, 0.29) is 17.9 Å². The Morgan fingerprint density at radius 2 is 1.96 bits per heavy atom. The molecule has 1 unspecified atom stereocenters. The third kappa shape index (κ3) is 2.60. The van der Waals surface area contributed by atoms with Crippen LogP contribution in [0.3, 0.4) is 0 Å². The number of rotatable bonds is 5. The molecule has 2 aromatic rings. The first-order chi connectivity index (χ1) is 11.7. The predicted molar refractivity (Wildman–Crippen MR) is 84.4 cm³/mol. The Labute approximate surface area is 139 Å². The van der Waals surface area contributed by atoms with Crippen LogP contribution in [0.2, 0.25) is 0 Å². The van der Waals surface area contributed by atoms with Gasteiger partial charge in [-0.05, 0) is 37.9 Å². The van der Waals surface area contributed by atoms with Gasteiger partial charge in [-0.2, -0.15) is 4.98 Å². The Morgan fingerprint density at radius 1 is 1.21 bits per heavy atom. The van der Waals surface area contributed by atoms with Crippen LogP contribution in [0.5, 0.6) is 0 Å². The largest absolute Gasteiger partial charge is 0.338 e. The predicted octanol–water partition coefficient (Wildman–Crippen LogP) is 1.72. The van der Waals surface area contributed by atoms with Crippen LogP contribution in [-0.4, -0.2) is 39.9 Å². The van der Waals surface area contributed by atoms with Gasteiger partial charge in [0.2, 0.25) is 5.89 Å². The summed E-state index contributed by atoms with van der Waals surface area (Å²) in [6.07, 6.45) is 3.31. The number of hydrogen-bond acceptors (Lipinski definition) is 6. The van der Waals surface area contributed by atoms with E-state index in [1.807, 2.05) is 0 Å². The molecule has 24 heavy (non-hydrogen) atoms. The fourth-order valence-electron chi connectivity index (χ4n) is 3.24. The van der Waals surface area contributed by atoms with Crippen LogP contribution >= 0.6 is 0 Å². The standard InChI is InChI=1S/C17H18N4O3/c22-16-11-5-1-2-6-12(11)17(23)21(16)10-4-8-14-19-15(24-20-14)13-7-3-9-18-13/h1-2,5-6,13,18H,3-4,7-10H2. The molecule has 2 aliphatic heterocycles. The molecule has 0 saturated carbocycles. The Kier molecular flexibility index (Phi) is 3.86. The van der Waals surface area contributed by atoms with Gasteiger partial charge in [0.25, 0.3) is 11.8 Å². The molecule has 3 heterocycles. The minimum Gasteiger partial charge on any atom is -0.338 e. The van der Waals surface area contributed by atoms with Crippen LogP contribution in [0, 0.1) is 0 Å². The van der Waals surface area contributed by atoms with Crippen LogP contribution < -0.4 is 5.32 Å². The number of nitrogens with zero attached hydrogens (tertiary/aromatic N) is 3. The average Bonchev–Trinajstić information content (AvgIpc) is 3.32. The zero-order valence-electron chi connectivity index (χ0n) is 13.2. The number of benzene rings is 1. The van der Waals surface area contributed by atoms with E-state index in [1.54, 1.807) is 24.3 Å². The van der Waals surface area contributed by atoms with Crippen molar-refractivity contribution >= 4 is 11.8 Å². The molecular formula is C17H18N4O3. The molecule has 0 aliphatic carbocycles. The summed E-state index contributed by atoms with van der Waals surface area (Å²) in [6.45, 7) is 1.33. The summed E-state index contributed by atoms with van der Waals surface area (Å²) < 4.78 is 5.29. The molecule has 2 amide bonds. The highest BCUT2D eigenvalue weighted by molar-refractivity contribution is 6.21. The number of aromatic nitrogens is 2. The lowest BCUT2D eigenvalue weighted by Crippen LogP contribution is -2.31. The summed E-state index contributed by atoms with van der Waals surface area (Å²) >= 11 is 0. The Balaban J connectivity index is 1.35. The molecule has 1 N–H and O–H groups in total. The molecule has 124 valence electrons. The van der Waals surface area contributed by atoms with E-state index >= 15 is 0 Å². The van der Waals surface area contributed by atoms with Crippen molar-refractivity contribution in [2.24, 2.45) is 0 Å². The summed E-state index contributed by atoms with van der Waals surface area (Å²) in [4.78, 5) is 30.3. The molecular weight excluding hydrogens is 308 g/mol. The van der Waals surface area contributed by atoms with Crippen molar-refractivity contribution in [3.8, 4) is 0 Å². The van der Waals surface area contributed by atoms with E-state index in [0.717, 1.165) is 19.4 Å². The van der Waals surface area contributed by atoms with Gasteiger partial charge < -0.3 is 9.84 Å². The van der Waals surface area contributed by atoms with Gasteiger partial charge in [-0.25, -0.2) is 0 Å². The molecule has 7 heteroatoms. The third-order valence-corrected chi connectivity index (χ3v) is 4.50. The van der Waals surface area contributed by atoms with E-state index in [1.165, 1.54) is 4.90 Å². The highest BCUT2D eigenvalue weighted by Gasteiger charge is 2.34. The minimum absolute atomic E-state index is 0.155. The quantitative estimate of drug-likeness (QED) is 0.842. The van der Waals surface area contributed by atoms with Crippen LogP contribution in [0.15, 0.2) is 28.8 Å². The summed E-state index contributed by atoms with van der Waals surface area (Å²) in [5.74, 6) is 0.803. The van der Waals surface area contributed by atoms with E-state index < -0.39 is 0 Å². The maximum atomic E-state index is 12.3. The summed E-state index contributed by atoms with van der Waals surface area (Å²) in [6, 6.07) is 7.07. The number of amides is 2. The number of fused-ring (bicyclic) bond motifs is 1. The van der Waals surface area contributed by atoms with Gasteiger partial charge in [0.15, 0.2) is 5.82 Å². The van der Waals surface area contributed by atoms with E-state index in [4.69, 9.17) is 4.52 Å². The molecule has 1 aromatic carbocycles. The second kappa shape index (κ2) is 6.16. The smallest absolute Gasteiger partial charge is 0.261 e. The fourth-order valence-corrected chi connectivity index (χ4v) is 3.24. The van der Waals surface area contributed by atoms with E-state index in [0.29, 0.717) is 42.2 Å². The van der Waals surface area contributed by atoms with Gasteiger partial charge in [0.05, 0.1) is 17.2 Å². The number of imide groups is 1. The highest BCUT2D eigenvalue weighted by atomic mass is 16.5. The topological polar surface area (TPSA) is 88.3 Å². The molecule has 1 aromatic heterocycles. The van der Waals surface area contributed by atoms with Crippen molar-refractivity contribution in [2.75, 3.05) is 13.1 Å². The first-order valence-corrected chi connectivity index (χ1v) is 8.25. The first-order valence-electron chi connectivity index (χ1n) is 8.25. The SMILES string of the molecule is O=C1c2ccccc2C(=O)N1CCCc1noc(C2CCCN2)n1. The lowest BCUT2D eigenvalue weighted by molar-refractivity contribution is 0.0652. The van der Waals surface area contributed by atoms with Crippen molar-refractivity contribution in [3.05, 3.63) is 47.1 Å². The molecule has 0 spiro atoms. The maximum Gasteiger partial charge on any atom is 0.261 e. The van der Waals surface area contributed by atoms with Gasteiger partial charge in [-0.3, -0.25) is 14.5 Å². The maximum absolute atomic E-state index is 12.3. The number of hydrogen-bond donors (Lipinski definition) is 1. The first kappa shape index (κ1) is 15.0. The number of carbonyl (C=O) groups excluding carboxylic acids is 2. The molecule has 1 atom stereocenters.